The lowest BCUT2D eigenvalue weighted by molar-refractivity contribution is -0.244. The summed E-state index contributed by atoms with van der Waals surface area (Å²) in [5.41, 5.74) is 4.44. The van der Waals surface area contributed by atoms with Gasteiger partial charge in [0.2, 0.25) is 0 Å². The number of aromatic hydroxyl groups is 2. The first-order valence-corrected chi connectivity index (χ1v) is 14.0. The van der Waals surface area contributed by atoms with Crippen molar-refractivity contribution in [3.63, 3.8) is 0 Å². The van der Waals surface area contributed by atoms with Crippen LogP contribution in [-0.2, 0) is 20.1 Å². The Balaban J connectivity index is 0.000000340. The molecule has 2 heterocycles. The van der Waals surface area contributed by atoms with E-state index in [1.54, 1.807) is 6.07 Å². The fourth-order valence-corrected chi connectivity index (χ4v) is 4.51. The highest BCUT2D eigenvalue weighted by Gasteiger charge is 2.27. The molecule has 1 unspecified atom stereocenters. The first kappa shape index (κ1) is 30.8. The standard InChI is InChI=1S/C18H29NO.C10H13NO.HO4P.H2/c1-17(2,3)13-11-14(18(4,5)6)16(20)15(12-13)19-9-7-8-10-19;12-10-6-2-1-5-9(10)11-7-3-4-8-11;1-4-5(2)3;/h11-12,20H,7-10H2,1-6H3;1-2,5-6,12H,3-4,7-8H2;1H;1H. The number of hydrogen-bond donors (Lipinski definition) is 3. The van der Waals surface area contributed by atoms with Crippen molar-refractivity contribution in [1.29, 1.82) is 0 Å². The van der Waals surface area contributed by atoms with Gasteiger partial charge in [-0.2, -0.15) is 0 Å². The fraction of sp³-hybridized carbons (Fsp3) is 0.571. The van der Waals surface area contributed by atoms with E-state index in [1.165, 1.54) is 31.2 Å². The molecule has 0 amide bonds. The van der Waals surface area contributed by atoms with E-state index < -0.39 is 8.25 Å². The summed E-state index contributed by atoms with van der Waals surface area (Å²) < 4.78 is 11.6. The number of nitrogens with zero attached hydrogens (tertiary/aromatic N) is 2. The monoisotopic (exact) mass is 536 g/mol. The molecule has 0 aliphatic carbocycles. The second-order valence-electron chi connectivity index (χ2n) is 11.6. The van der Waals surface area contributed by atoms with Crippen molar-refractivity contribution in [3.05, 3.63) is 47.5 Å². The van der Waals surface area contributed by atoms with Crippen molar-refractivity contribution in [2.75, 3.05) is 36.0 Å². The van der Waals surface area contributed by atoms with Crippen molar-refractivity contribution < 1.29 is 31.0 Å². The van der Waals surface area contributed by atoms with Crippen LogP contribution >= 0.6 is 8.25 Å². The lowest BCUT2D eigenvalue weighted by atomic mass is 9.79. The van der Waals surface area contributed by atoms with E-state index in [2.05, 4.69) is 68.1 Å². The molecule has 2 aromatic rings. The minimum Gasteiger partial charge on any atom is -0.565 e. The number of benzene rings is 2. The number of hydrogen-bond acceptors (Lipinski definition) is 8. The van der Waals surface area contributed by atoms with E-state index in [0.29, 0.717) is 11.5 Å². The molecule has 2 aliphatic rings. The summed E-state index contributed by atoms with van der Waals surface area (Å²) in [5, 5.41) is 27.3. The number of phenols is 2. The molecule has 37 heavy (non-hydrogen) atoms. The summed E-state index contributed by atoms with van der Waals surface area (Å²) in [4.78, 5) is 13.5. The summed E-state index contributed by atoms with van der Waals surface area (Å²) in [6.45, 7) is 17.5. The summed E-state index contributed by atoms with van der Waals surface area (Å²) in [7, 11) is -3.04. The van der Waals surface area contributed by atoms with Crippen LogP contribution < -0.4 is 14.7 Å². The van der Waals surface area contributed by atoms with Crippen molar-refractivity contribution in [1.82, 2.24) is 0 Å². The molecular weight excluding hydrogens is 491 g/mol. The van der Waals surface area contributed by atoms with Gasteiger partial charge in [0.25, 0.3) is 0 Å². The Kier molecular flexibility index (Phi) is 11.2. The molecule has 8 nitrogen and oxygen atoms in total. The topological polar surface area (TPSA) is 117 Å². The van der Waals surface area contributed by atoms with Gasteiger partial charge in [-0.25, -0.2) is 5.26 Å². The van der Waals surface area contributed by atoms with Gasteiger partial charge in [0, 0.05) is 37.8 Å². The van der Waals surface area contributed by atoms with Gasteiger partial charge >= 0.3 is 8.25 Å². The highest BCUT2D eigenvalue weighted by Crippen LogP contribution is 2.42. The van der Waals surface area contributed by atoms with Crippen LogP contribution in [0.2, 0.25) is 0 Å². The molecule has 208 valence electrons. The van der Waals surface area contributed by atoms with Crippen LogP contribution in [0, 0.1) is 0 Å². The Bertz CT molecular complexity index is 1030. The van der Waals surface area contributed by atoms with Crippen LogP contribution in [0.1, 0.15) is 79.8 Å². The van der Waals surface area contributed by atoms with E-state index in [4.69, 9.17) is 14.7 Å². The molecule has 0 spiro atoms. The van der Waals surface area contributed by atoms with Crippen LogP contribution in [0.3, 0.4) is 0 Å². The van der Waals surface area contributed by atoms with Gasteiger partial charge in [0.05, 0.1) is 11.4 Å². The van der Waals surface area contributed by atoms with E-state index in [-0.39, 0.29) is 12.3 Å². The summed E-state index contributed by atoms with van der Waals surface area (Å²) in [5.74, 6) is 0.881. The van der Waals surface area contributed by atoms with Crippen molar-refractivity contribution in [3.8, 4) is 11.5 Å². The number of para-hydroxylation sites is 2. The van der Waals surface area contributed by atoms with Crippen LogP contribution in [0.5, 0.6) is 11.5 Å². The molecule has 0 saturated carbocycles. The lowest BCUT2D eigenvalue weighted by Crippen LogP contribution is -2.22. The zero-order chi connectivity index (χ0) is 27.8. The minimum absolute atomic E-state index is 0. The van der Waals surface area contributed by atoms with Gasteiger partial charge in [-0.3, -0.25) is 0 Å². The van der Waals surface area contributed by atoms with E-state index >= 15 is 0 Å². The van der Waals surface area contributed by atoms with Gasteiger partial charge in [-0.05, 0) is 64.8 Å². The normalized spacial score (nSPS) is 16.1. The van der Waals surface area contributed by atoms with Gasteiger partial charge in [0.1, 0.15) is 11.5 Å². The maximum absolute atomic E-state index is 10.7. The van der Waals surface area contributed by atoms with Crippen molar-refractivity contribution in [2.24, 2.45) is 0 Å². The quantitative estimate of drug-likeness (QED) is 0.237. The highest BCUT2D eigenvalue weighted by atomic mass is 31.1. The molecule has 2 aromatic carbocycles. The van der Waals surface area contributed by atoms with Crippen molar-refractivity contribution in [2.45, 2.75) is 78.1 Å². The molecule has 2 fully saturated rings. The van der Waals surface area contributed by atoms with Gasteiger partial charge in [-0.15, -0.1) is 0 Å². The molecule has 3 N–H and O–H groups in total. The zero-order valence-corrected chi connectivity index (χ0v) is 23.9. The zero-order valence-electron chi connectivity index (χ0n) is 23.0. The van der Waals surface area contributed by atoms with Crippen molar-refractivity contribution >= 4 is 19.6 Å². The predicted octanol–water partition coefficient (Wildman–Crippen LogP) is 6.32. The maximum atomic E-state index is 10.7. The first-order chi connectivity index (χ1) is 17.3. The Morgan fingerprint density at radius 3 is 1.70 bits per heavy atom. The largest absolute Gasteiger partial charge is 0.565 e. The Hall–Kier alpha value is -2.38. The first-order valence-electron chi connectivity index (χ1n) is 12.9. The molecule has 4 rings (SSSR count). The third-order valence-corrected chi connectivity index (χ3v) is 6.74. The SMILES string of the molecule is CC(C)(C)c1cc(N2CCCC2)c(O)c(C(C)(C)C)c1.O=[P+]([O-])OO.Oc1ccccc1N1CCCC1.[HH]. The molecule has 2 aliphatic heterocycles. The third kappa shape index (κ3) is 9.15. The smallest absolute Gasteiger partial charge is 0.521 e. The van der Waals surface area contributed by atoms with E-state index in [9.17, 15) is 10.2 Å². The minimum atomic E-state index is -3.04. The highest BCUT2D eigenvalue weighted by molar-refractivity contribution is 7.30. The Morgan fingerprint density at radius 1 is 0.838 bits per heavy atom. The molecular formula is C28H45N2O6P. The van der Waals surface area contributed by atoms with Crippen LogP contribution in [0.15, 0.2) is 36.4 Å². The number of anilines is 2. The predicted molar refractivity (Wildman–Crippen MR) is 150 cm³/mol. The van der Waals surface area contributed by atoms with Crippen LogP contribution in [0.25, 0.3) is 0 Å². The summed E-state index contributed by atoms with van der Waals surface area (Å²) in [6, 6.07) is 11.9. The molecule has 0 aromatic heterocycles. The molecule has 1 atom stereocenters. The van der Waals surface area contributed by atoms with Gasteiger partial charge in [-0.1, -0.05) is 59.7 Å². The molecule has 2 saturated heterocycles. The second-order valence-corrected chi connectivity index (χ2v) is 12.2. The van der Waals surface area contributed by atoms with Gasteiger partial charge in [0.15, 0.2) is 0 Å². The number of phenolic OH excluding ortho intramolecular Hbond substituents is 2. The average molecular weight is 537 g/mol. The van der Waals surface area contributed by atoms with Crippen LogP contribution in [-0.4, -0.2) is 41.6 Å². The molecule has 0 bridgehead atoms. The number of rotatable bonds is 3. The Morgan fingerprint density at radius 2 is 1.30 bits per heavy atom. The maximum Gasteiger partial charge on any atom is 0.521 e. The fourth-order valence-electron chi connectivity index (χ4n) is 4.51. The summed E-state index contributed by atoms with van der Waals surface area (Å²) in [6.07, 6.45) is 4.94. The third-order valence-electron chi connectivity index (χ3n) is 6.61. The van der Waals surface area contributed by atoms with Crippen LogP contribution in [0.4, 0.5) is 11.4 Å². The van der Waals surface area contributed by atoms with E-state index in [1.807, 2.05) is 18.2 Å². The summed E-state index contributed by atoms with van der Waals surface area (Å²) >= 11 is 0. The lowest BCUT2D eigenvalue weighted by Gasteiger charge is -2.30. The second kappa shape index (κ2) is 13.4. The average Bonchev–Trinajstić information content (AvgIpc) is 3.53. The Labute approximate surface area is 223 Å². The molecule has 0 radical (unpaired) electrons. The van der Waals surface area contributed by atoms with Gasteiger partial charge < -0.3 is 24.9 Å². The molecule has 9 heteroatoms. The van der Waals surface area contributed by atoms with E-state index in [0.717, 1.165) is 43.1 Å².